The molecule has 0 atom stereocenters. The minimum atomic E-state index is -0.472. The monoisotopic (exact) mass is 168 g/mol. The lowest BCUT2D eigenvalue weighted by Gasteiger charge is -2.20. The van der Waals surface area contributed by atoms with E-state index in [1.165, 1.54) is 12.8 Å². The molecule has 0 spiro atoms. The SMILES string of the molecule is OC1(c2ccsc2)CCCC1. The molecule has 11 heavy (non-hydrogen) atoms. The van der Waals surface area contributed by atoms with Gasteiger partial charge in [0.05, 0.1) is 5.60 Å². The van der Waals surface area contributed by atoms with Crippen molar-refractivity contribution in [3.8, 4) is 0 Å². The molecule has 0 amide bonds. The average molecular weight is 168 g/mol. The lowest BCUT2D eigenvalue weighted by molar-refractivity contribution is 0.0449. The summed E-state index contributed by atoms with van der Waals surface area (Å²) in [5.41, 5.74) is 0.653. The second-order valence-corrected chi connectivity index (χ2v) is 4.03. The molecular formula is C9H12OS. The van der Waals surface area contributed by atoms with Crippen molar-refractivity contribution in [2.75, 3.05) is 0 Å². The molecule has 60 valence electrons. The molecule has 0 aromatic carbocycles. The molecule has 1 aliphatic rings. The van der Waals surface area contributed by atoms with Gasteiger partial charge in [0.2, 0.25) is 0 Å². The molecule has 1 fully saturated rings. The Balaban J connectivity index is 2.27. The number of hydrogen-bond donors (Lipinski definition) is 1. The van der Waals surface area contributed by atoms with Crippen LogP contribution in [-0.2, 0) is 5.60 Å². The van der Waals surface area contributed by atoms with Gasteiger partial charge in [-0.15, -0.1) is 0 Å². The molecule has 1 aromatic rings. The van der Waals surface area contributed by atoms with Crippen molar-refractivity contribution in [2.45, 2.75) is 31.3 Å². The van der Waals surface area contributed by atoms with Gasteiger partial charge in [-0.25, -0.2) is 0 Å². The third-order valence-corrected chi connectivity index (χ3v) is 3.17. The highest BCUT2D eigenvalue weighted by Crippen LogP contribution is 2.39. The van der Waals surface area contributed by atoms with Gasteiger partial charge in [-0.2, -0.15) is 11.3 Å². The van der Waals surface area contributed by atoms with Crippen LogP contribution >= 0.6 is 11.3 Å². The van der Waals surface area contributed by atoms with Crippen LogP contribution < -0.4 is 0 Å². The lowest BCUT2D eigenvalue weighted by Crippen LogP contribution is -2.19. The average Bonchev–Trinajstić information content (AvgIpc) is 2.55. The summed E-state index contributed by atoms with van der Waals surface area (Å²) in [4.78, 5) is 0. The normalized spacial score (nSPS) is 22.3. The number of aliphatic hydroxyl groups is 1. The van der Waals surface area contributed by atoms with E-state index < -0.39 is 5.60 Å². The van der Waals surface area contributed by atoms with Crippen LogP contribution in [0.15, 0.2) is 16.8 Å². The van der Waals surface area contributed by atoms with Crippen molar-refractivity contribution < 1.29 is 5.11 Å². The molecule has 1 heterocycles. The first-order valence-electron chi connectivity index (χ1n) is 4.06. The third-order valence-electron chi connectivity index (χ3n) is 2.49. The smallest absolute Gasteiger partial charge is 0.0904 e. The van der Waals surface area contributed by atoms with Crippen molar-refractivity contribution in [2.24, 2.45) is 0 Å². The fraction of sp³-hybridized carbons (Fsp3) is 0.556. The summed E-state index contributed by atoms with van der Waals surface area (Å²) in [5.74, 6) is 0. The minimum Gasteiger partial charge on any atom is -0.385 e. The van der Waals surface area contributed by atoms with E-state index >= 15 is 0 Å². The fourth-order valence-corrected chi connectivity index (χ4v) is 2.53. The van der Waals surface area contributed by atoms with Gasteiger partial charge in [0, 0.05) is 0 Å². The van der Waals surface area contributed by atoms with Gasteiger partial charge in [-0.1, -0.05) is 12.8 Å². The van der Waals surface area contributed by atoms with Gasteiger partial charge in [0.15, 0.2) is 0 Å². The quantitative estimate of drug-likeness (QED) is 0.683. The predicted octanol–water partition coefficient (Wildman–Crippen LogP) is 2.51. The number of rotatable bonds is 1. The molecule has 0 bridgehead atoms. The summed E-state index contributed by atoms with van der Waals surface area (Å²) in [7, 11) is 0. The van der Waals surface area contributed by atoms with E-state index in [1.807, 2.05) is 11.4 Å². The molecule has 0 unspecified atom stereocenters. The van der Waals surface area contributed by atoms with E-state index in [1.54, 1.807) is 11.3 Å². The summed E-state index contributed by atoms with van der Waals surface area (Å²) in [5, 5.41) is 14.2. The van der Waals surface area contributed by atoms with Crippen molar-refractivity contribution in [3.05, 3.63) is 22.4 Å². The maximum Gasteiger partial charge on any atom is 0.0904 e. The topological polar surface area (TPSA) is 20.2 Å². The van der Waals surface area contributed by atoms with E-state index in [0.29, 0.717) is 0 Å². The summed E-state index contributed by atoms with van der Waals surface area (Å²) >= 11 is 1.66. The van der Waals surface area contributed by atoms with Crippen molar-refractivity contribution >= 4 is 11.3 Å². The summed E-state index contributed by atoms with van der Waals surface area (Å²) in [6.45, 7) is 0. The van der Waals surface area contributed by atoms with Crippen LogP contribution in [0, 0.1) is 0 Å². The maximum atomic E-state index is 10.1. The van der Waals surface area contributed by atoms with Crippen LogP contribution in [0.4, 0.5) is 0 Å². The van der Waals surface area contributed by atoms with Crippen LogP contribution in [0.3, 0.4) is 0 Å². The zero-order valence-electron chi connectivity index (χ0n) is 6.42. The Morgan fingerprint density at radius 3 is 2.64 bits per heavy atom. The summed E-state index contributed by atoms with van der Waals surface area (Å²) in [6.07, 6.45) is 4.24. The van der Waals surface area contributed by atoms with Crippen LogP contribution in [0.25, 0.3) is 0 Å². The maximum absolute atomic E-state index is 10.1. The molecule has 2 heteroatoms. The highest BCUT2D eigenvalue weighted by atomic mass is 32.1. The van der Waals surface area contributed by atoms with Crippen molar-refractivity contribution in [1.29, 1.82) is 0 Å². The zero-order chi connectivity index (χ0) is 7.73. The van der Waals surface area contributed by atoms with Crippen LogP contribution in [0.1, 0.15) is 31.2 Å². The van der Waals surface area contributed by atoms with E-state index in [0.717, 1.165) is 18.4 Å². The highest BCUT2D eigenvalue weighted by molar-refractivity contribution is 7.08. The first kappa shape index (κ1) is 7.32. The Morgan fingerprint density at radius 2 is 2.09 bits per heavy atom. The van der Waals surface area contributed by atoms with Crippen LogP contribution in [0.2, 0.25) is 0 Å². The van der Waals surface area contributed by atoms with Gasteiger partial charge in [-0.3, -0.25) is 0 Å². The Kier molecular flexibility index (Phi) is 1.74. The Hall–Kier alpha value is -0.340. The summed E-state index contributed by atoms with van der Waals surface area (Å²) < 4.78 is 0. The second-order valence-electron chi connectivity index (χ2n) is 3.25. The van der Waals surface area contributed by atoms with E-state index in [-0.39, 0.29) is 0 Å². The lowest BCUT2D eigenvalue weighted by atomic mass is 9.95. The molecule has 1 nitrogen and oxygen atoms in total. The molecule has 1 saturated carbocycles. The fourth-order valence-electron chi connectivity index (χ4n) is 1.78. The second kappa shape index (κ2) is 2.61. The van der Waals surface area contributed by atoms with Gasteiger partial charge in [0.25, 0.3) is 0 Å². The van der Waals surface area contributed by atoms with Gasteiger partial charge in [0.1, 0.15) is 0 Å². The molecule has 0 radical (unpaired) electrons. The third kappa shape index (κ3) is 1.21. The molecule has 1 N–H and O–H groups in total. The number of hydrogen-bond acceptors (Lipinski definition) is 2. The molecule has 2 rings (SSSR count). The predicted molar refractivity (Wildman–Crippen MR) is 46.7 cm³/mol. The largest absolute Gasteiger partial charge is 0.385 e. The molecule has 0 saturated heterocycles. The molecule has 1 aliphatic carbocycles. The highest BCUT2D eigenvalue weighted by Gasteiger charge is 2.32. The number of thiophene rings is 1. The van der Waals surface area contributed by atoms with Gasteiger partial charge in [-0.05, 0) is 35.2 Å². The van der Waals surface area contributed by atoms with Crippen molar-refractivity contribution in [1.82, 2.24) is 0 Å². The van der Waals surface area contributed by atoms with Gasteiger partial charge >= 0.3 is 0 Å². The first-order valence-corrected chi connectivity index (χ1v) is 5.01. The van der Waals surface area contributed by atoms with Gasteiger partial charge < -0.3 is 5.11 Å². The van der Waals surface area contributed by atoms with E-state index in [2.05, 4.69) is 5.38 Å². The zero-order valence-corrected chi connectivity index (χ0v) is 7.23. The first-order chi connectivity index (χ1) is 5.31. The Bertz CT molecular complexity index is 222. The Labute approximate surface area is 70.7 Å². The van der Waals surface area contributed by atoms with Crippen LogP contribution in [-0.4, -0.2) is 5.11 Å². The van der Waals surface area contributed by atoms with Crippen molar-refractivity contribution in [3.63, 3.8) is 0 Å². The molecule has 0 aliphatic heterocycles. The summed E-state index contributed by atoms with van der Waals surface area (Å²) in [6, 6.07) is 2.04. The molecular weight excluding hydrogens is 156 g/mol. The molecule has 1 aromatic heterocycles. The standard InChI is InChI=1S/C9H12OS/c10-9(4-1-2-5-9)8-3-6-11-7-8/h3,6-7,10H,1-2,4-5H2. The van der Waals surface area contributed by atoms with E-state index in [9.17, 15) is 5.11 Å². The Morgan fingerprint density at radius 1 is 1.36 bits per heavy atom. The van der Waals surface area contributed by atoms with E-state index in [4.69, 9.17) is 0 Å². The minimum absolute atomic E-state index is 0.472. The van der Waals surface area contributed by atoms with Crippen LogP contribution in [0.5, 0.6) is 0 Å².